The lowest BCUT2D eigenvalue weighted by atomic mass is 9.83. The summed E-state index contributed by atoms with van der Waals surface area (Å²) in [5.41, 5.74) is 0.996. The number of halogens is 1. The largest absolute Gasteiger partial charge is 0.487 e. The minimum Gasteiger partial charge on any atom is -0.487 e. The van der Waals surface area contributed by atoms with Crippen LogP contribution in [-0.2, 0) is 4.79 Å². The number of carboxylic acid groups (broad SMARTS) is 1. The van der Waals surface area contributed by atoms with Crippen molar-refractivity contribution in [2.45, 2.75) is 31.8 Å². The lowest BCUT2D eigenvalue weighted by Gasteiger charge is -2.36. The number of carbonyl (C=O) groups excluding carboxylic acids is 1. The number of amides is 1. The first-order valence-electron chi connectivity index (χ1n) is 10.5. The fourth-order valence-electron chi connectivity index (χ4n) is 3.81. The predicted octanol–water partition coefficient (Wildman–Crippen LogP) is 5.99. The van der Waals surface area contributed by atoms with Crippen LogP contribution >= 0.6 is 11.6 Å². The van der Waals surface area contributed by atoms with Gasteiger partial charge in [0.05, 0.1) is 11.5 Å². The Morgan fingerprint density at radius 2 is 1.82 bits per heavy atom. The van der Waals surface area contributed by atoms with Crippen LogP contribution in [0.3, 0.4) is 0 Å². The van der Waals surface area contributed by atoms with Gasteiger partial charge in [-0.15, -0.1) is 0 Å². The Bertz CT molecular complexity index is 1290. The first-order chi connectivity index (χ1) is 16.1. The van der Waals surface area contributed by atoms with Crippen molar-refractivity contribution >= 4 is 29.2 Å². The van der Waals surface area contributed by atoms with Gasteiger partial charge in [-0.1, -0.05) is 11.6 Å². The van der Waals surface area contributed by atoms with Crippen LogP contribution in [0, 0.1) is 11.3 Å². The molecule has 1 unspecified atom stereocenters. The summed E-state index contributed by atoms with van der Waals surface area (Å²) in [5.74, 6) is -1.03. The number of nitrogens with one attached hydrogen (secondary N) is 1. The van der Waals surface area contributed by atoms with E-state index in [0.29, 0.717) is 39.8 Å². The third-order valence-corrected chi connectivity index (χ3v) is 5.69. The topological polar surface area (TPSA) is 109 Å². The third-order valence-electron chi connectivity index (χ3n) is 5.43. The Kier molecular flexibility index (Phi) is 6.18. The van der Waals surface area contributed by atoms with Gasteiger partial charge < -0.3 is 19.9 Å². The summed E-state index contributed by atoms with van der Waals surface area (Å²) in [7, 11) is 0. The Balaban J connectivity index is 1.56. The number of nitriles is 1. The first-order valence-corrected chi connectivity index (χ1v) is 10.9. The van der Waals surface area contributed by atoms with E-state index in [1.54, 1.807) is 54.6 Å². The van der Waals surface area contributed by atoms with Crippen molar-refractivity contribution in [2.24, 2.45) is 0 Å². The molecule has 172 valence electrons. The van der Waals surface area contributed by atoms with Gasteiger partial charge in [0.1, 0.15) is 28.9 Å². The second-order valence-electron chi connectivity index (χ2n) is 8.54. The summed E-state index contributed by atoms with van der Waals surface area (Å²) in [6.45, 7) is 3.64. The van der Waals surface area contributed by atoms with Crippen LogP contribution in [0.15, 0.2) is 60.7 Å². The summed E-state index contributed by atoms with van der Waals surface area (Å²) in [4.78, 5) is 24.3. The normalized spacial score (nSPS) is 15.9. The van der Waals surface area contributed by atoms with Gasteiger partial charge in [-0.2, -0.15) is 5.26 Å². The molecule has 1 amide bonds. The van der Waals surface area contributed by atoms with E-state index in [9.17, 15) is 20.0 Å². The molecule has 7 nitrogen and oxygen atoms in total. The first kappa shape index (κ1) is 23.1. The number of carbonyl (C=O) groups is 2. The lowest BCUT2D eigenvalue weighted by molar-refractivity contribution is -0.140. The third kappa shape index (κ3) is 4.98. The molecule has 0 saturated carbocycles. The molecule has 2 N–H and O–H groups in total. The molecule has 0 spiro atoms. The van der Waals surface area contributed by atoms with E-state index in [2.05, 4.69) is 11.4 Å². The van der Waals surface area contributed by atoms with Crippen molar-refractivity contribution in [1.82, 2.24) is 0 Å². The number of hydrogen-bond donors (Lipinski definition) is 2. The predicted molar refractivity (Wildman–Crippen MR) is 127 cm³/mol. The van der Waals surface area contributed by atoms with Crippen molar-refractivity contribution in [2.75, 3.05) is 5.32 Å². The fourth-order valence-corrected chi connectivity index (χ4v) is 3.94. The van der Waals surface area contributed by atoms with Gasteiger partial charge in [0.15, 0.2) is 0 Å². The Morgan fingerprint density at radius 3 is 2.44 bits per heavy atom. The van der Waals surface area contributed by atoms with E-state index in [-0.39, 0.29) is 17.2 Å². The summed E-state index contributed by atoms with van der Waals surface area (Å²) in [6.07, 6.45) is 0.292. The number of rotatable bonds is 5. The van der Waals surface area contributed by atoms with E-state index < -0.39 is 17.5 Å². The molecular weight excluding hydrogens is 456 g/mol. The van der Waals surface area contributed by atoms with E-state index in [4.69, 9.17) is 21.1 Å². The molecule has 0 radical (unpaired) electrons. The van der Waals surface area contributed by atoms with Gasteiger partial charge in [0.2, 0.25) is 0 Å². The lowest BCUT2D eigenvalue weighted by Crippen LogP contribution is -2.37. The van der Waals surface area contributed by atoms with Crippen LogP contribution in [0.4, 0.5) is 5.69 Å². The molecule has 3 aromatic carbocycles. The molecule has 1 heterocycles. The molecule has 1 aliphatic heterocycles. The van der Waals surface area contributed by atoms with Crippen LogP contribution in [0.1, 0.15) is 47.7 Å². The summed E-state index contributed by atoms with van der Waals surface area (Å²) in [6, 6.07) is 18.3. The minimum atomic E-state index is -0.970. The average Bonchev–Trinajstić information content (AvgIpc) is 2.79. The molecule has 0 aromatic heterocycles. The van der Waals surface area contributed by atoms with Crippen LogP contribution in [0.5, 0.6) is 17.2 Å². The molecule has 0 fully saturated rings. The SMILES string of the molecule is CC1(C)CC(C(=O)O)c2cc(C#N)c(Oc3ccc(C(=O)Nc4ccc(Cl)cc4)cc3)cc2O1. The monoisotopic (exact) mass is 476 g/mol. The summed E-state index contributed by atoms with van der Waals surface area (Å²) < 4.78 is 11.9. The number of nitrogens with zero attached hydrogens (tertiary/aromatic N) is 1. The summed E-state index contributed by atoms with van der Waals surface area (Å²) in [5, 5.41) is 22.6. The molecule has 4 rings (SSSR count). The van der Waals surface area contributed by atoms with Crippen molar-refractivity contribution in [3.05, 3.63) is 82.4 Å². The van der Waals surface area contributed by atoms with Crippen LogP contribution in [0.25, 0.3) is 0 Å². The number of aliphatic carboxylic acids is 1. The van der Waals surface area contributed by atoms with Gasteiger partial charge in [-0.25, -0.2) is 0 Å². The summed E-state index contributed by atoms with van der Waals surface area (Å²) >= 11 is 5.86. The zero-order valence-corrected chi connectivity index (χ0v) is 19.2. The Morgan fingerprint density at radius 1 is 1.15 bits per heavy atom. The maximum atomic E-state index is 12.5. The number of carboxylic acids is 1. The van der Waals surface area contributed by atoms with Crippen LogP contribution in [0.2, 0.25) is 5.02 Å². The van der Waals surface area contributed by atoms with E-state index in [1.165, 1.54) is 6.07 Å². The van der Waals surface area contributed by atoms with Crippen LogP contribution in [-0.4, -0.2) is 22.6 Å². The van der Waals surface area contributed by atoms with Crippen molar-refractivity contribution in [3.8, 4) is 23.3 Å². The Hall–Kier alpha value is -4.02. The molecule has 3 aromatic rings. The number of benzene rings is 3. The standard InChI is InChI=1S/C26H21ClN2O5/c1-26(2)13-21(25(31)32)20-11-16(14-28)22(12-23(20)34-26)33-19-9-3-15(4-10-19)24(30)29-18-7-5-17(27)6-8-18/h3-12,21H,13H2,1-2H3,(H,29,30)(H,31,32). The highest BCUT2D eigenvalue weighted by Crippen LogP contribution is 2.44. The molecule has 8 heteroatoms. The van der Waals surface area contributed by atoms with E-state index in [1.807, 2.05) is 13.8 Å². The van der Waals surface area contributed by atoms with Crippen LogP contribution < -0.4 is 14.8 Å². The Labute approximate surface area is 201 Å². The maximum Gasteiger partial charge on any atom is 0.311 e. The zero-order chi connectivity index (χ0) is 24.5. The van der Waals surface area contributed by atoms with Crippen molar-refractivity contribution in [1.29, 1.82) is 5.26 Å². The molecule has 34 heavy (non-hydrogen) atoms. The van der Waals surface area contributed by atoms with Gasteiger partial charge in [-0.05, 0) is 68.4 Å². The number of anilines is 1. The quantitative estimate of drug-likeness (QED) is 0.468. The van der Waals surface area contributed by atoms with Gasteiger partial charge in [0.25, 0.3) is 5.91 Å². The zero-order valence-electron chi connectivity index (χ0n) is 18.5. The highest BCUT2D eigenvalue weighted by Gasteiger charge is 2.38. The van der Waals surface area contributed by atoms with E-state index in [0.717, 1.165) is 0 Å². The highest BCUT2D eigenvalue weighted by atomic mass is 35.5. The second kappa shape index (κ2) is 9.08. The maximum absolute atomic E-state index is 12.5. The molecule has 1 aliphatic rings. The van der Waals surface area contributed by atoms with Crippen molar-refractivity contribution in [3.63, 3.8) is 0 Å². The van der Waals surface area contributed by atoms with E-state index >= 15 is 0 Å². The molecule has 0 aliphatic carbocycles. The van der Waals surface area contributed by atoms with Crippen molar-refractivity contribution < 1.29 is 24.2 Å². The number of fused-ring (bicyclic) bond motifs is 1. The molecule has 1 atom stereocenters. The number of ether oxygens (including phenoxy) is 2. The smallest absolute Gasteiger partial charge is 0.311 e. The molecule has 0 bridgehead atoms. The second-order valence-corrected chi connectivity index (χ2v) is 8.98. The highest BCUT2D eigenvalue weighted by molar-refractivity contribution is 6.30. The number of hydrogen-bond acceptors (Lipinski definition) is 5. The molecular formula is C26H21ClN2O5. The van der Waals surface area contributed by atoms with Gasteiger partial charge in [0, 0.05) is 34.3 Å². The molecule has 0 saturated heterocycles. The van der Waals surface area contributed by atoms with Gasteiger partial charge in [-0.3, -0.25) is 9.59 Å². The average molecular weight is 477 g/mol. The minimum absolute atomic E-state index is 0.192. The fraction of sp³-hybridized carbons (Fsp3) is 0.192. The van der Waals surface area contributed by atoms with Gasteiger partial charge >= 0.3 is 5.97 Å².